The van der Waals surface area contributed by atoms with Gasteiger partial charge in [0.2, 0.25) is 0 Å². The molecule has 0 radical (unpaired) electrons. The molecule has 0 saturated heterocycles. The zero-order chi connectivity index (χ0) is 66.3. The molecule has 6 atom stereocenters. The van der Waals surface area contributed by atoms with E-state index in [1.807, 2.05) is 0 Å². The number of ether oxygens (including phenoxy) is 4. The van der Waals surface area contributed by atoms with Crippen LogP contribution in [-0.4, -0.2) is 96.7 Å². The third-order valence-corrected chi connectivity index (χ3v) is 18.8. The maximum absolute atomic E-state index is 13.0. The number of rotatable bonds is 71. The van der Waals surface area contributed by atoms with Crippen LogP contribution in [0.1, 0.15) is 369 Å². The number of carbonyl (C=O) groups is 4. The summed E-state index contributed by atoms with van der Waals surface area (Å²) in [4.78, 5) is 72.4. The summed E-state index contributed by atoms with van der Waals surface area (Å²) in [6.07, 6.45) is 51.4. The van der Waals surface area contributed by atoms with Crippen LogP contribution in [0.15, 0.2) is 0 Å². The highest BCUT2D eigenvalue weighted by Crippen LogP contribution is 2.45. The lowest BCUT2D eigenvalue weighted by Gasteiger charge is -2.21. The SMILES string of the molecule is CCCCCCCCCCCCCCCCCCCCC(=O)O[C@H](COC(=O)CCCCCCCCCCCCC(C)CC)COP(=O)(O)OC[C@@H](O)COP(=O)(O)OC[C@@H](COC(=O)CCCCCCCCC)OC(=O)CCCCCCCCCCCCC. The van der Waals surface area contributed by atoms with Crippen molar-refractivity contribution >= 4 is 39.5 Å². The Balaban J connectivity index is 5.19. The van der Waals surface area contributed by atoms with Gasteiger partial charge in [0.15, 0.2) is 12.2 Å². The summed E-state index contributed by atoms with van der Waals surface area (Å²) >= 11 is 0. The minimum absolute atomic E-state index is 0.107. The molecule has 0 rings (SSSR count). The summed E-state index contributed by atoms with van der Waals surface area (Å²) in [5.41, 5.74) is 0. The summed E-state index contributed by atoms with van der Waals surface area (Å²) in [6.45, 7) is 7.24. The van der Waals surface area contributed by atoms with Gasteiger partial charge >= 0.3 is 39.5 Å². The quantitative estimate of drug-likeness (QED) is 0.0222. The van der Waals surface area contributed by atoms with E-state index in [9.17, 15) is 43.2 Å². The van der Waals surface area contributed by atoms with Gasteiger partial charge in [-0.05, 0) is 31.6 Å². The molecular weight excluding hydrogens is 1190 g/mol. The third kappa shape index (κ3) is 63.5. The molecule has 3 N–H and O–H groups in total. The van der Waals surface area contributed by atoms with Crippen molar-refractivity contribution in [2.24, 2.45) is 5.92 Å². The Kier molecular flexibility index (Phi) is 63.0. The van der Waals surface area contributed by atoms with Crippen LogP contribution in [0.3, 0.4) is 0 Å². The number of aliphatic hydroxyl groups is 1. The van der Waals surface area contributed by atoms with Crippen molar-refractivity contribution < 1.29 is 80.2 Å². The average Bonchev–Trinajstić information content (AvgIpc) is 3.71. The molecule has 3 unspecified atom stereocenters. The van der Waals surface area contributed by atoms with Gasteiger partial charge in [0, 0.05) is 25.7 Å². The Hall–Kier alpha value is -1.94. The Morgan fingerprint density at radius 2 is 0.533 bits per heavy atom. The Morgan fingerprint density at radius 1 is 0.311 bits per heavy atom. The molecule has 0 amide bonds. The van der Waals surface area contributed by atoms with Crippen LogP contribution < -0.4 is 0 Å². The number of esters is 4. The molecule has 534 valence electrons. The highest BCUT2D eigenvalue weighted by Gasteiger charge is 2.30. The molecule has 0 aromatic heterocycles. The second-order valence-corrected chi connectivity index (χ2v) is 28.8. The van der Waals surface area contributed by atoms with Gasteiger partial charge in [0.05, 0.1) is 26.4 Å². The second-order valence-electron chi connectivity index (χ2n) is 25.9. The number of hydrogen-bond donors (Lipinski definition) is 3. The summed E-state index contributed by atoms with van der Waals surface area (Å²) in [5, 5.41) is 10.6. The minimum atomic E-state index is -4.95. The molecule has 17 nitrogen and oxygen atoms in total. The standard InChI is InChI=1S/C71H138O17P2/c1-6-10-13-16-19-21-23-24-25-26-27-28-29-31-37-42-47-52-57-71(76)88-67(61-82-69(74)55-50-45-40-35-33-32-34-39-43-48-53-64(5)9-4)63-86-90(79,80)84-59-65(72)58-83-89(77,78)85-62-66(60-81-68(73)54-49-44-38-18-15-12-8-3)87-70(75)56-51-46-41-36-30-22-20-17-14-11-7-2/h64-67,72H,6-63H2,1-5H3,(H,77,78)(H,79,80)/t64?,65-,66+,67+/m0/s1. The molecule has 19 heteroatoms. The van der Waals surface area contributed by atoms with Gasteiger partial charge in [0.1, 0.15) is 19.3 Å². The highest BCUT2D eigenvalue weighted by atomic mass is 31.2. The van der Waals surface area contributed by atoms with Gasteiger partial charge in [0.25, 0.3) is 0 Å². The van der Waals surface area contributed by atoms with E-state index in [0.717, 1.165) is 109 Å². The van der Waals surface area contributed by atoms with Crippen molar-refractivity contribution in [3.8, 4) is 0 Å². The molecule has 0 aliphatic rings. The molecule has 0 fully saturated rings. The van der Waals surface area contributed by atoms with E-state index in [4.69, 9.17) is 37.0 Å². The lowest BCUT2D eigenvalue weighted by atomic mass is 9.99. The first kappa shape index (κ1) is 88.1. The first-order valence-electron chi connectivity index (χ1n) is 37.2. The van der Waals surface area contributed by atoms with Crippen molar-refractivity contribution in [1.82, 2.24) is 0 Å². The van der Waals surface area contributed by atoms with Crippen molar-refractivity contribution in [3.05, 3.63) is 0 Å². The fourth-order valence-corrected chi connectivity index (χ4v) is 12.4. The average molecular weight is 1330 g/mol. The van der Waals surface area contributed by atoms with Gasteiger partial charge in [-0.2, -0.15) is 0 Å². The van der Waals surface area contributed by atoms with Gasteiger partial charge in [-0.1, -0.05) is 317 Å². The lowest BCUT2D eigenvalue weighted by Crippen LogP contribution is -2.30. The van der Waals surface area contributed by atoms with E-state index < -0.39 is 97.5 Å². The molecular formula is C71H138O17P2. The molecule has 0 aliphatic heterocycles. The summed E-state index contributed by atoms with van der Waals surface area (Å²) in [7, 11) is -9.89. The number of phosphoric ester groups is 2. The maximum Gasteiger partial charge on any atom is 0.472 e. The fourth-order valence-electron chi connectivity index (χ4n) is 10.8. The fraction of sp³-hybridized carbons (Fsp3) is 0.944. The predicted molar refractivity (Wildman–Crippen MR) is 363 cm³/mol. The number of aliphatic hydroxyl groups excluding tert-OH is 1. The molecule has 0 aromatic rings. The van der Waals surface area contributed by atoms with Crippen molar-refractivity contribution in [2.45, 2.75) is 387 Å². The van der Waals surface area contributed by atoms with Crippen LogP contribution in [-0.2, 0) is 65.4 Å². The maximum atomic E-state index is 13.0. The van der Waals surface area contributed by atoms with E-state index in [1.165, 1.54) is 180 Å². The molecule has 0 spiro atoms. The number of carbonyl (C=O) groups excluding carboxylic acids is 4. The molecule has 0 saturated carbocycles. The zero-order valence-corrected chi connectivity index (χ0v) is 60.1. The van der Waals surface area contributed by atoms with Gasteiger partial charge < -0.3 is 33.8 Å². The smallest absolute Gasteiger partial charge is 0.462 e. The molecule has 0 heterocycles. The van der Waals surface area contributed by atoms with E-state index in [0.29, 0.717) is 25.7 Å². The van der Waals surface area contributed by atoms with E-state index in [2.05, 4.69) is 34.6 Å². The number of hydrogen-bond acceptors (Lipinski definition) is 15. The molecule has 90 heavy (non-hydrogen) atoms. The minimum Gasteiger partial charge on any atom is -0.462 e. The summed E-state index contributed by atoms with van der Waals surface area (Å²) in [6, 6.07) is 0. The van der Waals surface area contributed by atoms with E-state index in [1.54, 1.807) is 0 Å². The topological polar surface area (TPSA) is 237 Å². The first-order chi connectivity index (χ1) is 43.6. The van der Waals surface area contributed by atoms with Crippen LogP contribution in [0.25, 0.3) is 0 Å². The van der Waals surface area contributed by atoms with E-state index >= 15 is 0 Å². The summed E-state index contributed by atoms with van der Waals surface area (Å²) in [5.74, 6) is -1.32. The zero-order valence-electron chi connectivity index (χ0n) is 58.3. The Labute approximate surface area is 549 Å². The van der Waals surface area contributed by atoms with E-state index in [-0.39, 0.29) is 25.7 Å². The van der Waals surface area contributed by atoms with Gasteiger partial charge in [-0.3, -0.25) is 37.3 Å². The number of phosphoric acid groups is 2. The third-order valence-electron chi connectivity index (χ3n) is 16.9. The highest BCUT2D eigenvalue weighted by molar-refractivity contribution is 7.47. The normalized spacial score (nSPS) is 14.4. The second kappa shape index (κ2) is 64.4. The van der Waals surface area contributed by atoms with Crippen LogP contribution in [0.5, 0.6) is 0 Å². The summed E-state index contributed by atoms with van der Waals surface area (Å²) < 4.78 is 68.2. The van der Waals surface area contributed by atoms with Crippen LogP contribution in [0.4, 0.5) is 0 Å². The lowest BCUT2D eigenvalue weighted by molar-refractivity contribution is -0.161. The van der Waals surface area contributed by atoms with Crippen LogP contribution >= 0.6 is 15.6 Å². The van der Waals surface area contributed by atoms with Gasteiger partial charge in [-0.25, -0.2) is 9.13 Å². The molecule has 0 aliphatic carbocycles. The largest absolute Gasteiger partial charge is 0.472 e. The van der Waals surface area contributed by atoms with Crippen molar-refractivity contribution in [1.29, 1.82) is 0 Å². The van der Waals surface area contributed by atoms with Crippen molar-refractivity contribution in [3.63, 3.8) is 0 Å². The first-order valence-corrected chi connectivity index (χ1v) is 40.2. The number of unbranched alkanes of at least 4 members (excludes halogenated alkanes) is 42. The Bertz CT molecular complexity index is 1740. The molecule has 0 aromatic carbocycles. The Morgan fingerprint density at radius 3 is 0.789 bits per heavy atom. The molecule has 0 bridgehead atoms. The monoisotopic (exact) mass is 1320 g/mol. The van der Waals surface area contributed by atoms with Crippen LogP contribution in [0, 0.1) is 5.92 Å². The van der Waals surface area contributed by atoms with Crippen LogP contribution in [0.2, 0.25) is 0 Å². The van der Waals surface area contributed by atoms with Crippen molar-refractivity contribution in [2.75, 3.05) is 39.6 Å². The van der Waals surface area contributed by atoms with Gasteiger partial charge in [-0.15, -0.1) is 0 Å². The predicted octanol–water partition coefficient (Wildman–Crippen LogP) is 20.5.